The number of benzene rings is 3. The lowest BCUT2D eigenvalue weighted by Crippen LogP contribution is -2.21. The molecule has 0 spiro atoms. The molecule has 0 aromatic heterocycles. The van der Waals surface area contributed by atoms with Crippen molar-refractivity contribution in [1.29, 1.82) is 0 Å². The predicted octanol–water partition coefficient (Wildman–Crippen LogP) is 6.94. The molecule has 3 aromatic rings. The summed E-state index contributed by atoms with van der Waals surface area (Å²) in [7, 11) is 0. The molecule has 2 N–H and O–H groups in total. The number of amides is 2. The van der Waals surface area contributed by atoms with Gasteiger partial charge in [-0.2, -0.15) is 0 Å². The number of nitrogens with one attached hydrogen (secondary N) is 2. The summed E-state index contributed by atoms with van der Waals surface area (Å²) in [6.07, 6.45) is 6.75. The molecule has 38 heavy (non-hydrogen) atoms. The summed E-state index contributed by atoms with van der Waals surface area (Å²) in [6, 6.07) is 24.4. The smallest absolute Gasteiger partial charge is 0.244 e. The largest absolute Gasteiger partial charge is 0.348 e. The molecule has 198 valence electrons. The molecule has 4 nitrogen and oxygen atoms in total. The Morgan fingerprint density at radius 3 is 1.32 bits per heavy atom. The maximum absolute atomic E-state index is 12.3. The third-order valence-electron chi connectivity index (χ3n) is 6.33. The van der Waals surface area contributed by atoms with Gasteiger partial charge in [0.2, 0.25) is 11.8 Å². The summed E-state index contributed by atoms with van der Waals surface area (Å²) < 4.78 is 0. The second-order valence-corrected chi connectivity index (χ2v) is 11.7. The number of carbonyl (C=O) groups is 2. The minimum Gasteiger partial charge on any atom is -0.348 e. The van der Waals surface area contributed by atoms with E-state index < -0.39 is 0 Å². The zero-order chi connectivity index (χ0) is 27.8. The van der Waals surface area contributed by atoms with Gasteiger partial charge in [-0.3, -0.25) is 9.59 Å². The first-order chi connectivity index (χ1) is 17.9. The van der Waals surface area contributed by atoms with Crippen molar-refractivity contribution in [3.05, 3.63) is 118 Å². The summed E-state index contributed by atoms with van der Waals surface area (Å²) in [5, 5.41) is 5.85. The zero-order valence-electron chi connectivity index (χ0n) is 23.5. The van der Waals surface area contributed by atoms with Crippen molar-refractivity contribution in [3.63, 3.8) is 0 Å². The molecule has 0 atom stereocenters. The molecule has 0 saturated carbocycles. The van der Waals surface area contributed by atoms with Gasteiger partial charge in [0.1, 0.15) is 0 Å². The summed E-state index contributed by atoms with van der Waals surface area (Å²) in [4.78, 5) is 24.6. The molecule has 0 fully saturated rings. The first-order valence-corrected chi connectivity index (χ1v) is 13.1. The van der Waals surface area contributed by atoms with E-state index in [0.29, 0.717) is 13.1 Å². The van der Waals surface area contributed by atoms with Crippen molar-refractivity contribution in [2.45, 2.75) is 65.5 Å². The van der Waals surface area contributed by atoms with Crippen molar-refractivity contribution < 1.29 is 9.59 Å². The Morgan fingerprint density at radius 1 is 0.605 bits per heavy atom. The number of carbonyl (C=O) groups excluding carboxylic acids is 2. The minimum absolute atomic E-state index is 0.104. The van der Waals surface area contributed by atoms with E-state index in [1.165, 1.54) is 11.1 Å². The Hall–Kier alpha value is -3.92. The summed E-state index contributed by atoms with van der Waals surface area (Å²) >= 11 is 0. The van der Waals surface area contributed by atoms with Crippen LogP contribution in [0.5, 0.6) is 0 Å². The van der Waals surface area contributed by atoms with E-state index in [0.717, 1.165) is 22.3 Å². The lowest BCUT2D eigenvalue weighted by Gasteiger charge is -2.18. The van der Waals surface area contributed by atoms with E-state index in [1.54, 1.807) is 12.2 Å². The highest BCUT2D eigenvalue weighted by Gasteiger charge is 2.13. The molecule has 0 aliphatic rings. The quantitative estimate of drug-likeness (QED) is 0.324. The highest BCUT2D eigenvalue weighted by atomic mass is 16.2. The average molecular weight is 509 g/mol. The molecule has 0 saturated heterocycles. The van der Waals surface area contributed by atoms with E-state index in [2.05, 4.69) is 76.4 Å². The van der Waals surface area contributed by atoms with Crippen LogP contribution < -0.4 is 10.6 Å². The van der Waals surface area contributed by atoms with E-state index in [4.69, 9.17) is 0 Å². The van der Waals surface area contributed by atoms with Gasteiger partial charge in [-0.1, -0.05) is 114 Å². The molecule has 0 heterocycles. The predicted molar refractivity (Wildman–Crippen MR) is 158 cm³/mol. The Bertz CT molecular complexity index is 1190. The van der Waals surface area contributed by atoms with Crippen LogP contribution in [-0.4, -0.2) is 11.8 Å². The molecule has 2 amide bonds. The second kappa shape index (κ2) is 12.6. The van der Waals surface area contributed by atoms with E-state index in [9.17, 15) is 9.59 Å². The third kappa shape index (κ3) is 9.19. The van der Waals surface area contributed by atoms with Gasteiger partial charge in [-0.25, -0.2) is 0 Å². The van der Waals surface area contributed by atoms with Gasteiger partial charge in [0.25, 0.3) is 0 Å². The van der Waals surface area contributed by atoms with Crippen LogP contribution in [0.4, 0.5) is 0 Å². The van der Waals surface area contributed by atoms with E-state index >= 15 is 0 Å². The SMILES string of the molecule is CC(C)(C)c1ccc(/C=C\C(=O)NCc2cccc(CNC(=O)/C=C\c3ccc(C(C)(C)C)cc3)c2)cc1. The van der Waals surface area contributed by atoms with Crippen molar-refractivity contribution >= 4 is 24.0 Å². The van der Waals surface area contributed by atoms with Crippen LogP contribution in [0.15, 0.2) is 84.9 Å². The summed E-state index contributed by atoms with van der Waals surface area (Å²) in [6.45, 7) is 13.9. The minimum atomic E-state index is -0.149. The topological polar surface area (TPSA) is 58.2 Å². The van der Waals surface area contributed by atoms with Crippen LogP contribution in [0.25, 0.3) is 12.2 Å². The van der Waals surface area contributed by atoms with Crippen LogP contribution in [0.3, 0.4) is 0 Å². The van der Waals surface area contributed by atoms with Gasteiger partial charge in [-0.05, 0) is 56.4 Å². The van der Waals surface area contributed by atoms with Crippen molar-refractivity contribution in [1.82, 2.24) is 10.6 Å². The highest BCUT2D eigenvalue weighted by molar-refractivity contribution is 5.92. The number of hydrogen-bond donors (Lipinski definition) is 2. The lowest BCUT2D eigenvalue weighted by atomic mass is 9.87. The molecule has 3 rings (SSSR count). The third-order valence-corrected chi connectivity index (χ3v) is 6.33. The Labute approximate surface area is 227 Å². The molecule has 4 heteroatoms. The van der Waals surface area contributed by atoms with Gasteiger partial charge in [-0.15, -0.1) is 0 Å². The van der Waals surface area contributed by atoms with Crippen LogP contribution in [-0.2, 0) is 33.5 Å². The van der Waals surface area contributed by atoms with Gasteiger partial charge < -0.3 is 10.6 Å². The van der Waals surface area contributed by atoms with Crippen molar-refractivity contribution in [3.8, 4) is 0 Å². The normalized spacial score (nSPS) is 12.2. The highest BCUT2D eigenvalue weighted by Crippen LogP contribution is 2.23. The molecule has 0 aliphatic carbocycles. The van der Waals surface area contributed by atoms with Crippen LogP contribution in [0.2, 0.25) is 0 Å². The fourth-order valence-corrected chi connectivity index (χ4v) is 3.88. The molecule has 0 unspecified atom stereocenters. The maximum atomic E-state index is 12.3. The van der Waals surface area contributed by atoms with Gasteiger partial charge in [0, 0.05) is 25.2 Å². The Kier molecular flexibility index (Phi) is 9.46. The zero-order valence-corrected chi connectivity index (χ0v) is 23.5. The molecule has 0 aliphatic heterocycles. The van der Waals surface area contributed by atoms with Crippen LogP contribution in [0, 0.1) is 0 Å². The first kappa shape index (κ1) is 28.6. The van der Waals surface area contributed by atoms with E-state index in [-0.39, 0.29) is 22.6 Å². The molecule has 0 radical (unpaired) electrons. The average Bonchev–Trinajstić information content (AvgIpc) is 2.88. The Morgan fingerprint density at radius 2 is 0.974 bits per heavy atom. The number of hydrogen-bond acceptors (Lipinski definition) is 2. The Balaban J connectivity index is 1.46. The van der Waals surface area contributed by atoms with Crippen molar-refractivity contribution in [2.24, 2.45) is 0 Å². The molecule has 3 aromatic carbocycles. The van der Waals surface area contributed by atoms with E-state index in [1.807, 2.05) is 60.7 Å². The van der Waals surface area contributed by atoms with Gasteiger partial charge >= 0.3 is 0 Å². The van der Waals surface area contributed by atoms with Gasteiger partial charge in [0.05, 0.1) is 0 Å². The van der Waals surface area contributed by atoms with Gasteiger partial charge in [0.15, 0.2) is 0 Å². The fraction of sp³-hybridized carbons (Fsp3) is 0.294. The second-order valence-electron chi connectivity index (χ2n) is 11.7. The summed E-state index contributed by atoms with van der Waals surface area (Å²) in [5.74, 6) is -0.298. The maximum Gasteiger partial charge on any atom is 0.244 e. The molecule has 0 bridgehead atoms. The molecular weight excluding hydrogens is 468 g/mol. The van der Waals surface area contributed by atoms with Crippen LogP contribution in [0.1, 0.15) is 74.9 Å². The summed E-state index contributed by atoms with van der Waals surface area (Å²) in [5.41, 5.74) is 6.65. The number of rotatable bonds is 8. The first-order valence-electron chi connectivity index (χ1n) is 13.1. The van der Waals surface area contributed by atoms with Crippen LogP contribution >= 0.6 is 0 Å². The molecular formula is C34H40N2O2. The van der Waals surface area contributed by atoms with Crippen molar-refractivity contribution in [2.75, 3.05) is 0 Å². The monoisotopic (exact) mass is 508 g/mol. The standard InChI is InChI=1S/C34H40N2O2/c1-33(2,3)29-16-10-25(11-17-29)14-20-31(37)35-23-27-8-7-9-28(22-27)24-36-32(38)21-15-26-12-18-30(19-13-26)34(4,5)6/h7-22H,23-24H2,1-6H3,(H,35,37)(H,36,38)/b20-14-,21-15-. The fourth-order valence-electron chi connectivity index (χ4n) is 3.88. The lowest BCUT2D eigenvalue weighted by molar-refractivity contribution is -0.117.